The van der Waals surface area contributed by atoms with E-state index in [2.05, 4.69) is 10.6 Å². The molecule has 0 radical (unpaired) electrons. The number of nitrogens with one attached hydrogen (secondary N) is 2. The molecule has 3 N–H and O–H groups in total. The average Bonchev–Trinajstić information content (AvgIpc) is 2.68. The summed E-state index contributed by atoms with van der Waals surface area (Å²) in [7, 11) is -3.81. The first-order valence-electron chi connectivity index (χ1n) is 9.31. The lowest BCUT2D eigenvalue weighted by molar-refractivity contribution is -0.137. The molecule has 0 saturated heterocycles. The number of rotatable bonds is 5. The maximum Gasteiger partial charge on any atom is 0.416 e. The van der Waals surface area contributed by atoms with Crippen LogP contribution in [0.4, 0.5) is 29.3 Å². The van der Waals surface area contributed by atoms with Crippen molar-refractivity contribution in [2.24, 2.45) is 0 Å². The highest BCUT2D eigenvalue weighted by Crippen LogP contribution is 2.31. The number of halogens is 3. The number of urea groups is 1. The Morgan fingerprint density at radius 2 is 1.59 bits per heavy atom. The van der Waals surface area contributed by atoms with Crippen molar-refractivity contribution in [2.45, 2.75) is 23.7 Å². The highest BCUT2D eigenvalue weighted by atomic mass is 32.2. The number of carbonyl (C=O) groups is 1. The van der Waals surface area contributed by atoms with Crippen LogP contribution in [0.5, 0.6) is 5.75 Å². The number of aryl methyl sites for hydroxylation is 1. The van der Waals surface area contributed by atoms with Crippen molar-refractivity contribution in [3.8, 4) is 5.75 Å². The molecule has 2 amide bonds. The fourth-order valence-electron chi connectivity index (χ4n) is 3.02. The zero-order valence-corrected chi connectivity index (χ0v) is 17.6. The summed E-state index contributed by atoms with van der Waals surface area (Å²) < 4.78 is 64.2. The van der Waals surface area contributed by atoms with E-state index in [-0.39, 0.29) is 27.8 Å². The minimum absolute atomic E-state index is 0.0160. The highest BCUT2D eigenvalue weighted by molar-refractivity contribution is 7.90. The predicted molar refractivity (Wildman–Crippen MR) is 114 cm³/mol. The van der Waals surface area contributed by atoms with Crippen molar-refractivity contribution >= 4 is 27.2 Å². The summed E-state index contributed by atoms with van der Waals surface area (Å²) in [5, 5.41) is 14.3. The largest absolute Gasteiger partial charge is 0.508 e. The van der Waals surface area contributed by atoms with E-state index >= 15 is 0 Å². The molecule has 0 heterocycles. The van der Waals surface area contributed by atoms with Gasteiger partial charge in [0.2, 0.25) is 0 Å². The number of phenols is 1. The Hall–Kier alpha value is -3.53. The first-order valence-corrected chi connectivity index (χ1v) is 11.0. The smallest absolute Gasteiger partial charge is 0.416 e. The molecule has 3 aromatic rings. The van der Waals surface area contributed by atoms with Gasteiger partial charge in [-0.05, 0) is 60.5 Å². The number of amides is 2. The molecule has 168 valence electrons. The van der Waals surface area contributed by atoms with Crippen molar-refractivity contribution in [3.63, 3.8) is 0 Å². The van der Waals surface area contributed by atoms with E-state index in [0.717, 1.165) is 18.2 Å². The van der Waals surface area contributed by atoms with Crippen LogP contribution in [0.3, 0.4) is 0 Å². The lowest BCUT2D eigenvalue weighted by Gasteiger charge is -2.13. The van der Waals surface area contributed by atoms with Crippen LogP contribution < -0.4 is 10.6 Å². The van der Waals surface area contributed by atoms with Crippen LogP contribution in [0.1, 0.15) is 16.7 Å². The molecule has 0 aliphatic heterocycles. The Morgan fingerprint density at radius 1 is 0.938 bits per heavy atom. The van der Waals surface area contributed by atoms with Gasteiger partial charge in [-0.1, -0.05) is 24.3 Å². The molecule has 0 atom stereocenters. The Bertz CT molecular complexity index is 1260. The maximum absolute atomic E-state index is 12.9. The molecule has 0 saturated carbocycles. The molecule has 0 aliphatic rings. The lowest BCUT2D eigenvalue weighted by atomic mass is 10.2. The minimum atomic E-state index is -4.55. The molecule has 6 nitrogen and oxygen atoms in total. The van der Waals surface area contributed by atoms with Gasteiger partial charge in [0.05, 0.1) is 16.2 Å². The van der Waals surface area contributed by atoms with Crippen molar-refractivity contribution in [1.29, 1.82) is 0 Å². The molecule has 3 rings (SSSR count). The fourth-order valence-corrected chi connectivity index (χ4v) is 4.66. The van der Waals surface area contributed by atoms with Crippen molar-refractivity contribution < 1.29 is 31.5 Å². The molecule has 0 bridgehead atoms. The minimum Gasteiger partial charge on any atom is -0.508 e. The van der Waals surface area contributed by atoms with E-state index in [1.165, 1.54) is 42.5 Å². The highest BCUT2D eigenvalue weighted by Gasteiger charge is 2.30. The van der Waals surface area contributed by atoms with Gasteiger partial charge in [0.15, 0.2) is 9.84 Å². The predicted octanol–water partition coefficient (Wildman–Crippen LogP) is 5.34. The fraction of sp³-hybridized carbons (Fsp3) is 0.136. The quantitative estimate of drug-likeness (QED) is 0.475. The molecule has 0 unspecified atom stereocenters. The zero-order chi connectivity index (χ0) is 23.5. The summed E-state index contributed by atoms with van der Waals surface area (Å²) in [5.74, 6) is -0.418. The molecule has 32 heavy (non-hydrogen) atoms. The van der Waals surface area contributed by atoms with Gasteiger partial charge in [-0.15, -0.1) is 0 Å². The topological polar surface area (TPSA) is 95.5 Å². The summed E-state index contributed by atoms with van der Waals surface area (Å²) in [5.41, 5.74) is 0.0146. The first kappa shape index (κ1) is 23.1. The molecule has 0 aliphatic carbocycles. The van der Waals surface area contributed by atoms with Crippen LogP contribution in [0.25, 0.3) is 0 Å². The number of phenolic OH excluding ortho intramolecular Hbond substituents is 1. The van der Waals surface area contributed by atoms with Crippen LogP contribution in [0.2, 0.25) is 0 Å². The monoisotopic (exact) mass is 464 g/mol. The number of anilines is 2. The second-order valence-electron chi connectivity index (χ2n) is 7.07. The van der Waals surface area contributed by atoms with E-state index in [9.17, 15) is 31.5 Å². The third-order valence-electron chi connectivity index (χ3n) is 4.50. The molecule has 0 fully saturated rings. The number of hydrogen-bond donors (Lipinski definition) is 3. The number of hydrogen-bond acceptors (Lipinski definition) is 4. The number of sulfone groups is 1. The molecule has 0 spiro atoms. The Labute approximate surface area is 182 Å². The van der Waals surface area contributed by atoms with Crippen LogP contribution in [0, 0.1) is 6.92 Å². The number of carbonyl (C=O) groups excluding carboxylic acids is 1. The van der Waals surface area contributed by atoms with E-state index in [1.54, 1.807) is 13.0 Å². The normalized spacial score (nSPS) is 11.8. The molecule has 3 aromatic carbocycles. The number of benzene rings is 3. The van der Waals surface area contributed by atoms with E-state index in [4.69, 9.17) is 0 Å². The van der Waals surface area contributed by atoms with Crippen LogP contribution >= 0.6 is 0 Å². The van der Waals surface area contributed by atoms with Crippen molar-refractivity contribution in [1.82, 2.24) is 0 Å². The summed E-state index contributed by atoms with van der Waals surface area (Å²) in [6.45, 7) is 1.60. The second kappa shape index (κ2) is 8.91. The van der Waals surface area contributed by atoms with E-state index in [0.29, 0.717) is 11.1 Å². The van der Waals surface area contributed by atoms with Gasteiger partial charge in [0, 0.05) is 11.4 Å². The lowest BCUT2D eigenvalue weighted by Crippen LogP contribution is -2.20. The zero-order valence-electron chi connectivity index (χ0n) is 16.8. The second-order valence-corrected chi connectivity index (χ2v) is 9.02. The summed E-state index contributed by atoms with van der Waals surface area (Å²) in [6, 6.07) is 13.4. The third kappa shape index (κ3) is 5.79. The van der Waals surface area contributed by atoms with Gasteiger partial charge in [0.25, 0.3) is 0 Å². The summed E-state index contributed by atoms with van der Waals surface area (Å²) in [6.07, 6.45) is -4.55. The molecule has 0 aromatic heterocycles. The maximum atomic E-state index is 12.9. The summed E-state index contributed by atoms with van der Waals surface area (Å²) >= 11 is 0. The molecule has 10 heteroatoms. The Balaban J connectivity index is 1.77. The SMILES string of the molecule is Cc1ccc(NC(=O)Nc2cccc(C(F)(F)F)c2)cc1S(=O)(=O)Cc1cccc(O)c1. The van der Waals surface area contributed by atoms with Crippen LogP contribution in [0.15, 0.2) is 71.6 Å². The van der Waals surface area contributed by atoms with Gasteiger partial charge < -0.3 is 15.7 Å². The molecular formula is C22H19F3N2O4S. The summed E-state index contributed by atoms with van der Waals surface area (Å²) in [4.78, 5) is 12.2. The first-order chi connectivity index (χ1) is 14.9. The van der Waals surface area contributed by atoms with Gasteiger partial charge in [-0.3, -0.25) is 0 Å². The Morgan fingerprint density at radius 3 is 2.25 bits per heavy atom. The third-order valence-corrected chi connectivity index (χ3v) is 6.32. The van der Waals surface area contributed by atoms with Crippen molar-refractivity contribution in [3.05, 3.63) is 83.4 Å². The van der Waals surface area contributed by atoms with Gasteiger partial charge >= 0.3 is 12.2 Å². The standard InChI is InChI=1S/C22H19F3N2O4S/c1-14-8-9-18(12-20(14)32(30,31)13-15-4-2-7-19(28)10-15)27-21(29)26-17-6-3-5-16(11-17)22(23,24)25/h2-12,28H,13H2,1H3,(H2,26,27,29). The van der Waals surface area contributed by atoms with Crippen molar-refractivity contribution in [2.75, 3.05) is 10.6 Å². The van der Waals surface area contributed by atoms with E-state index in [1.807, 2.05) is 0 Å². The van der Waals surface area contributed by atoms with E-state index < -0.39 is 27.6 Å². The number of alkyl halides is 3. The van der Waals surface area contributed by atoms with Gasteiger partial charge in [-0.25, -0.2) is 13.2 Å². The Kier molecular flexibility index (Phi) is 6.45. The average molecular weight is 464 g/mol. The van der Waals surface area contributed by atoms with Crippen LogP contribution in [-0.2, 0) is 21.8 Å². The van der Waals surface area contributed by atoms with Crippen LogP contribution in [-0.4, -0.2) is 19.6 Å². The number of aromatic hydroxyl groups is 1. The van der Waals surface area contributed by atoms with Gasteiger partial charge in [0.1, 0.15) is 5.75 Å². The van der Waals surface area contributed by atoms with Gasteiger partial charge in [-0.2, -0.15) is 13.2 Å². The molecular weight excluding hydrogens is 445 g/mol.